The van der Waals surface area contributed by atoms with Crippen molar-refractivity contribution in [1.82, 2.24) is 14.8 Å². The first-order valence-electron chi connectivity index (χ1n) is 10.6. The van der Waals surface area contributed by atoms with Gasteiger partial charge in [0.25, 0.3) is 5.91 Å². The maximum absolute atomic E-state index is 12.4. The maximum Gasteiger partial charge on any atom is 0.277 e. The second-order valence-corrected chi connectivity index (χ2v) is 7.68. The lowest BCUT2D eigenvalue weighted by molar-refractivity contribution is 0.0627. The standard InChI is InChI=1S/C22H32N4O4/c1-3-4-5-18(27)14-25-10-12-26(13-11-25)15-21-24-20(16-30-21)22(28)23-17-6-8-19(29-2)9-7-17/h6-9,16,18,27H,3-5,10-15H2,1-2H3,(H,23,28)/t18-/m1/s1. The van der Waals surface area contributed by atoms with Crippen molar-refractivity contribution in [2.75, 3.05) is 45.2 Å². The van der Waals surface area contributed by atoms with Gasteiger partial charge in [-0.3, -0.25) is 14.6 Å². The Morgan fingerprint density at radius 1 is 1.23 bits per heavy atom. The summed E-state index contributed by atoms with van der Waals surface area (Å²) in [5.74, 6) is 0.958. The molecule has 1 aliphatic rings. The zero-order valence-electron chi connectivity index (χ0n) is 17.8. The van der Waals surface area contributed by atoms with Crippen molar-refractivity contribution in [3.8, 4) is 5.75 Å². The van der Waals surface area contributed by atoms with Gasteiger partial charge < -0.3 is 19.6 Å². The summed E-state index contributed by atoms with van der Waals surface area (Å²) in [5.41, 5.74) is 0.932. The Kier molecular flexibility index (Phi) is 8.24. The summed E-state index contributed by atoms with van der Waals surface area (Å²) in [7, 11) is 1.60. The van der Waals surface area contributed by atoms with E-state index in [1.54, 1.807) is 31.4 Å². The predicted octanol–water partition coefficient (Wildman–Crippen LogP) is 2.60. The van der Waals surface area contributed by atoms with E-state index < -0.39 is 0 Å². The second kappa shape index (κ2) is 11.1. The third-order valence-electron chi connectivity index (χ3n) is 5.32. The van der Waals surface area contributed by atoms with Crippen molar-refractivity contribution in [1.29, 1.82) is 0 Å². The Hall–Kier alpha value is -2.42. The van der Waals surface area contributed by atoms with Gasteiger partial charge in [-0.25, -0.2) is 4.98 Å². The van der Waals surface area contributed by atoms with Gasteiger partial charge in [0.15, 0.2) is 5.69 Å². The van der Waals surface area contributed by atoms with Gasteiger partial charge in [0.1, 0.15) is 12.0 Å². The second-order valence-electron chi connectivity index (χ2n) is 7.68. The van der Waals surface area contributed by atoms with Gasteiger partial charge in [-0.2, -0.15) is 0 Å². The highest BCUT2D eigenvalue weighted by atomic mass is 16.5. The lowest BCUT2D eigenvalue weighted by atomic mass is 10.1. The first-order chi connectivity index (χ1) is 14.6. The van der Waals surface area contributed by atoms with Crippen LogP contribution < -0.4 is 10.1 Å². The number of carbonyl (C=O) groups excluding carboxylic acids is 1. The summed E-state index contributed by atoms with van der Waals surface area (Å²) in [6, 6.07) is 7.12. The molecule has 30 heavy (non-hydrogen) atoms. The van der Waals surface area contributed by atoms with Gasteiger partial charge in [-0.05, 0) is 30.7 Å². The van der Waals surface area contributed by atoms with E-state index in [0.29, 0.717) is 18.1 Å². The number of methoxy groups -OCH3 is 1. The molecule has 0 radical (unpaired) electrons. The van der Waals surface area contributed by atoms with Crippen molar-refractivity contribution in [3.05, 3.63) is 42.1 Å². The number of aliphatic hydroxyl groups is 1. The molecule has 8 nitrogen and oxygen atoms in total. The van der Waals surface area contributed by atoms with Gasteiger partial charge in [0.05, 0.1) is 19.8 Å². The van der Waals surface area contributed by atoms with E-state index in [-0.39, 0.29) is 17.7 Å². The first-order valence-corrected chi connectivity index (χ1v) is 10.6. The zero-order chi connectivity index (χ0) is 21.3. The highest BCUT2D eigenvalue weighted by Gasteiger charge is 2.21. The van der Waals surface area contributed by atoms with Crippen molar-refractivity contribution < 1.29 is 19.1 Å². The molecule has 164 valence electrons. The highest BCUT2D eigenvalue weighted by molar-refractivity contribution is 6.02. The van der Waals surface area contributed by atoms with Crippen LogP contribution in [0.4, 0.5) is 5.69 Å². The molecule has 1 saturated heterocycles. The summed E-state index contributed by atoms with van der Waals surface area (Å²) in [6.45, 7) is 7.04. The molecular weight excluding hydrogens is 384 g/mol. The molecule has 2 heterocycles. The molecule has 1 atom stereocenters. The fourth-order valence-electron chi connectivity index (χ4n) is 3.51. The SMILES string of the molecule is CCCC[C@@H](O)CN1CCN(Cc2nc(C(=O)Nc3ccc(OC)cc3)co2)CC1. The molecule has 1 amide bonds. The highest BCUT2D eigenvalue weighted by Crippen LogP contribution is 2.16. The molecule has 0 unspecified atom stereocenters. The van der Waals surface area contributed by atoms with Gasteiger partial charge in [0, 0.05) is 38.4 Å². The number of carbonyl (C=O) groups is 1. The molecule has 0 bridgehead atoms. The smallest absolute Gasteiger partial charge is 0.277 e. The zero-order valence-corrected chi connectivity index (χ0v) is 17.8. The van der Waals surface area contributed by atoms with Crippen LogP contribution in [0.5, 0.6) is 5.75 Å². The number of anilines is 1. The van der Waals surface area contributed by atoms with Crippen LogP contribution >= 0.6 is 0 Å². The van der Waals surface area contributed by atoms with Crippen LogP contribution in [-0.2, 0) is 6.54 Å². The lowest BCUT2D eigenvalue weighted by Crippen LogP contribution is -2.48. The molecule has 8 heteroatoms. The summed E-state index contributed by atoms with van der Waals surface area (Å²) in [5, 5.41) is 12.9. The number of benzene rings is 1. The summed E-state index contributed by atoms with van der Waals surface area (Å²) in [6.07, 6.45) is 4.21. The minimum absolute atomic E-state index is 0.241. The number of amides is 1. The third kappa shape index (κ3) is 6.55. The summed E-state index contributed by atoms with van der Waals surface area (Å²) in [4.78, 5) is 21.3. The van der Waals surface area contributed by atoms with E-state index >= 15 is 0 Å². The molecular formula is C22H32N4O4. The van der Waals surface area contributed by atoms with Crippen LogP contribution in [0, 0.1) is 0 Å². The van der Waals surface area contributed by atoms with Crippen LogP contribution in [0.25, 0.3) is 0 Å². The number of aromatic nitrogens is 1. The summed E-state index contributed by atoms with van der Waals surface area (Å²) < 4.78 is 10.6. The molecule has 1 aliphatic heterocycles. The van der Waals surface area contributed by atoms with Crippen molar-refractivity contribution in [3.63, 3.8) is 0 Å². The molecule has 1 fully saturated rings. The van der Waals surface area contributed by atoms with Gasteiger partial charge in [0.2, 0.25) is 5.89 Å². The molecule has 1 aromatic carbocycles. The van der Waals surface area contributed by atoms with Gasteiger partial charge in [-0.1, -0.05) is 19.8 Å². The lowest BCUT2D eigenvalue weighted by Gasteiger charge is -2.35. The Balaban J connectivity index is 1.43. The van der Waals surface area contributed by atoms with E-state index in [4.69, 9.17) is 9.15 Å². The van der Waals surface area contributed by atoms with E-state index in [0.717, 1.165) is 57.7 Å². The number of oxazole rings is 1. The van der Waals surface area contributed by atoms with Crippen molar-refractivity contribution in [2.45, 2.75) is 38.8 Å². The number of hydrogen-bond donors (Lipinski definition) is 2. The average molecular weight is 417 g/mol. The van der Waals surface area contributed by atoms with E-state index in [9.17, 15) is 9.90 Å². The number of piperazine rings is 1. The van der Waals surface area contributed by atoms with Crippen LogP contribution in [0.3, 0.4) is 0 Å². The number of β-amino-alcohol motifs (C(OH)–C–C–N with tert-alkyl or cyclic N) is 1. The fraction of sp³-hybridized carbons (Fsp3) is 0.545. The van der Waals surface area contributed by atoms with Crippen molar-refractivity contribution in [2.24, 2.45) is 0 Å². The maximum atomic E-state index is 12.4. The Morgan fingerprint density at radius 2 is 1.93 bits per heavy atom. The molecule has 0 spiro atoms. The molecule has 1 aromatic heterocycles. The predicted molar refractivity (Wildman–Crippen MR) is 115 cm³/mol. The van der Waals surface area contributed by atoms with Crippen LogP contribution in [0.15, 0.2) is 34.9 Å². The Morgan fingerprint density at radius 3 is 2.60 bits per heavy atom. The Labute approximate surface area is 177 Å². The van der Waals surface area contributed by atoms with Gasteiger partial charge >= 0.3 is 0 Å². The van der Waals surface area contributed by atoms with E-state index in [1.165, 1.54) is 6.26 Å². The molecule has 2 aromatic rings. The first kappa shape index (κ1) is 22.3. The topological polar surface area (TPSA) is 91.1 Å². The molecule has 3 rings (SSSR count). The third-order valence-corrected chi connectivity index (χ3v) is 5.32. The van der Waals surface area contributed by atoms with E-state index in [1.807, 2.05) is 0 Å². The summed E-state index contributed by atoms with van der Waals surface area (Å²) >= 11 is 0. The fourth-order valence-corrected chi connectivity index (χ4v) is 3.51. The van der Waals surface area contributed by atoms with Crippen LogP contribution in [0.1, 0.15) is 42.6 Å². The number of nitrogens with one attached hydrogen (secondary N) is 1. The average Bonchev–Trinajstić information content (AvgIpc) is 3.23. The Bertz CT molecular complexity index is 785. The van der Waals surface area contributed by atoms with Crippen molar-refractivity contribution >= 4 is 11.6 Å². The number of rotatable bonds is 10. The number of nitrogens with zero attached hydrogens (tertiary/aromatic N) is 3. The molecule has 2 N–H and O–H groups in total. The van der Waals surface area contributed by atoms with Crippen LogP contribution in [0.2, 0.25) is 0 Å². The van der Waals surface area contributed by atoms with Crippen LogP contribution in [-0.4, -0.2) is 71.7 Å². The normalized spacial score (nSPS) is 16.4. The minimum atomic E-state index is -0.305. The number of ether oxygens (including phenoxy) is 1. The minimum Gasteiger partial charge on any atom is -0.497 e. The monoisotopic (exact) mass is 416 g/mol. The number of hydrogen-bond acceptors (Lipinski definition) is 7. The number of aliphatic hydroxyl groups excluding tert-OH is 1. The van der Waals surface area contributed by atoms with Gasteiger partial charge in [-0.15, -0.1) is 0 Å². The number of unbranched alkanes of at least 4 members (excludes halogenated alkanes) is 1. The quantitative estimate of drug-likeness (QED) is 0.615. The largest absolute Gasteiger partial charge is 0.497 e. The molecule has 0 saturated carbocycles. The van der Waals surface area contributed by atoms with E-state index in [2.05, 4.69) is 27.0 Å². The molecule has 0 aliphatic carbocycles.